The normalized spacial score (nSPS) is 13.2. The first-order valence-electron chi connectivity index (χ1n) is 30.1. The number of para-hydroxylation sites is 2. The fourth-order valence-corrected chi connectivity index (χ4v) is 13.9. The summed E-state index contributed by atoms with van der Waals surface area (Å²) in [5.41, 5.74) is 27.6. The van der Waals surface area contributed by atoms with E-state index in [0.29, 0.717) is 0 Å². The van der Waals surface area contributed by atoms with Crippen molar-refractivity contribution in [2.45, 2.75) is 119 Å². The molecule has 0 atom stereocenters. The largest absolute Gasteiger partial charge is 0.333 e. The van der Waals surface area contributed by atoms with Crippen molar-refractivity contribution in [3.8, 4) is 33.8 Å². The van der Waals surface area contributed by atoms with Gasteiger partial charge in [0.15, 0.2) is 0 Å². The van der Waals surface area contributed by atoms with E-state index in [1.54, 1.807) is 6.07 Å². The summed E-state index contributed by atoms with van der Waals surface area (Å²) >= 11 is 0. The van der Waals surface area contributed by atoms with Crippen LogP contribution in [0.3, 0.4) is 0 Å². The Kier molecular flexibility index (Phi) is 12.4. The van der Waals surface area contributed by atoms with Gasteiger partial charge in [-0.2, -0.15) is 0 Å². The molecule has 2 aliphatic heterocycles. The van der Waals surface area contributed by atoms with Crippen molar-refractivity contribution in [1.29, 1.82) is 0 Å². The smallest absolute Gasteiger partial charge is 0.252 e. The van der Waals surface area contributed by atoms with Crippen LogP contribution in [0.5, 0.6) is 0 Å². The molecular formula is C78H69BFIrN5-2. The van der Waals surface area contributed by atoms with Crippen molar-refractivity contribution in [2.75, 3.05) is 0 Å². The minimum absolute atomic E-state index is 0. The zero-order valence-electron chi connectivity index (χ0n) is 51.6. The molecule has 14 aromatic rings. The third-order valence-electron chi connectivity index (χ3n) is 18.7. The minimum Gasteiger partial charge on any atom is -0.333 e. The van der Waals surface area contributed by atoms with Crippen molar-refractivity contribution in [1.82, 2.24) is 23.5 Å². The first kappa shape index (κ1) is 55.7. The summed E-state index contributed by atoms with van der Waals surface area (Å²) in [6.45, 7) is 32.4. The van der Waals surface area contributed by atoms with Crippen molar-refractivity contribution < 1.29 is 24.5 Å². The van der Waals surface area contributed by atoms with Gasteiger partial charge in [0.25, 0.3) is 6.71 Å². The molecule has 0 saturated heterocycles. The maximum Gasteiger partial charge on any atom is 0.252 e. The van der Waals surface area contributed by atoms with Crippen LogP contribution in [0.4, 0.5) is 4.39 Å². The fourth-order valence-electron chi connectivity index (χ4n) is 13.9. The van der Waals surface area contributed by atoms with E-state index in [0.717, 1.165) is 50.0 Å². The molecule has 9 aromatic carbocycles. The number of halogens is 1. The summed E-state index contributed by atoms with van der Waals surface area (Å²) in [4.78, 5) is 9.74. The number of rotatable bonds is 2. The zero-order chi connectivity index (χ0) is 59.1. The van der Waals surface area contributed by atoms with E-state index >= 15 is 0 Å². The van der Waals surface area contributed by atoms with Crippen molar-refractivity contribution >= 4 is 105 Å². The monoisotopic (exact) mass is 1300 g/mol. The molecule has 2 aliphatic rings. The topological polar surface area (TPSA) is 40.0 Å². The molecule has 0 aliphatic carbocycles. The van der Waals surface area contributed by atoms with Gasteiger partial charge in [-0.3, -0.25) is 9.37 Å². The summed E-state index contributed by atoms with van der Waals surface area (Å²) in [7, 11) is 0. The Morgan fingerprint density at radius 3 is 1.62 bits per heavy atom. The summed E-state index contributed by atoms with van der Waals surface area (Å²) in [5, 5.41) is 8.72. The van der Waals surface area contributed by atoms with Gasteiger partial charge in [-0.15, -0.1) is 59.5 Å². The number of pyridine rings is 2. The molecule has 0 unspecified atom stereocenters. The second-order valence-electron chi connectivity index (χ2n) is 28.4. The second kappa shape index (κ2) is 19.2. The van der Waals surface area contributed by atoms with E-state index in [2.05, 4.69) is 241 Å². The number of nitrogens with zero attached hydrogens (tertiary/aromatic N) is 5. The van der Waals surface area contributed by atoms with Crippen molar-refractivity contribution in [3.63, 3.8) is 0 Å². The molecule has 0 saturated carbocycles. The van der Waals surface area contributed by atoms with Gasteiger partial charge in [-0.25, -0.2) is 0 Å². The third kappa shape index (κ3) is 8.40. The standard InChI is InChI=1S/C65H58BN4.C13H11FN.Ir/c1-62(2,3)37-24-26-53-45(30-37)47-32-39(64(7,8)9)34-49-58(47)68(53)55-28-36(41-21-17-22-51-60(41)70-52-23-16-15-19-43(52)42-18-13-14-20-44(42)61(70)67-51)29-56-57(55)66(49)50-35-40(65(10,11)12)33-48-46-31-38(63(4,5)6)25-27-54(46)69(56)59(48)50;1-9-7-13(15-8-10(9)2)11-3-5-12(14)6-4-11;/h13-19,21-35H,1-12H3;3,5-8H,1-2H3;/q2*-1;. The number of hydrogen-bond acceptors (Lipinski definition) is 2. The van der Waals surface area contributed by atoms with Gasteiger partial charge in [-0.1, -0.05) is 155 Å². The Hall–Kier alpha value is -8.16. The van der Waals surface area contributed by atoms with Crippen LogP contribution >= 0.6 is 0 Å². The van der Waals surface area contributed by atoms with Gasteiger partial charge in [0, 0.05) is 87.2 Å². The Balaban J connectivity index is 0.000000357. The average molecular weight is 1300 g/mol. The SMILES string of the molecule is CC(C)(C)c1ccc2c(c1)c1cc(C(C)(C)C)cc3c1n2-c1cc(-c2cccc4nc5c6[c-]cccc6c6ccccc6n5c24)cc2c1B3c1cc(C(C)(C)C)cc3c4cc(C(C)(C)C)ccc4n-2c13.Cc1cnc(-c2[c-]cc(F)cc2)cc1C.[Ir]. The Morgan fingerprint density at radius 2 is 1.06 bits per heavy atom. The maximum absolute atomic E-state index is 12.7. The van der Waals surface area contributed by atoms with Gasteiger partial charge < -0.3 is 18.5 Å². The van der Waals surface area contributed by atoms with E-state index in [4.69, 9.17) is 4.98 Å². The van der Waals surface area contributed by atoms with Gasteiger partial charge in [-0.05, 0) is 157 Å². The van der Waals surface area contributed by atoms with Gasteiger partial charge in [0.2, 0.25) is 0 Å². The number of hydrogen-bond donors (Lipinski definition) is 0. The Labute approximate surface area is 517 Å². The van der Waals surface area contributed by atoms with E-state index in [1.807, 2.05) is 32.2 Å². The zero-order valence-corrected chi connectivity index (χ0v) is 54.0. The molecule has 86 heavy (non-hydrogen) atoms. The molecule has 1 radical (unpaired) electrons. The van der Waals surface area contributed by atoms with E-state index in [9.17, 15) is 4.39 Å². The molecule has 0 amide bonds. The number of imidazole rings is 1. The van der Waals surface area contributed by atoms with Gasteiger partial charge in [0.05, 0.1) is 27.7 Å². The van der Waals surface area contributed by atoms with E-state index < -0.39 is 0 Å². The molecule has 0 spiro atoms. The molecular weight excluding hydrogens is 1230 g/mol. The van der Waals surface area contributed by atoms with Crippen LogP contribution in [-0.2, 0) is 41.8 Å². The van der Waals surface area contributed by atoms with Crippen LogP contribution < -0.4 is 16.4 Å². The molecule has 16 rings (SSSR count). The Bertz CT molecular complexity index is 5020. The molecule has 8 heteroatoms. The third-order valence-corrected chi connectivity index (χ3v) is 18.7. The minimum atomic E-state index is -0.275. The molecule has 427 valence electrons. The molecule has 0 fully saturated rings. The van der Waals surface area contributed by atoms with E-state index in [1.165, 1.54) is 128 Å². The molecule has 5 nitrogen and oxygen atoms in total. The predicted octanol–water partition coefficient (Wildman–Crippen LogP) is 18.1. The number of benzene rings is 9. The van der Waals surface area contributed by atoms with Crippen LogP contribution in [0.25, 0.3) is 116 Å². The van der Waals surface area contributed by atoms with Gasteiger partial charge >= 0.3 is 0 Å². The van der Waals surface area contributed by atoms with Crippen LogP contribution in [0.2, 0.25) is 0 Å². The quantitative estimate of drug-likeness (QED) is 0.0983. The molecule has 7 heterocycles. The summed E-state index contributed by atoms with van der Waals surface area (Å²) in [6, 6.07) is 64.6. The van der Waals surface area contributed by atoms with Crippen LogP contribution in [0.15, 0.2) is 164 Å². The summed E-state index contributed by atoms with van der Waals surface area (Å²) < 4.78 is 20.4. The van der Waals surface area contributed by atoms with E-state index in [-0.39, 0.29) is 54.3 Å². The first-order valence-corrected chi connectivity index (χ1v) is 30.1. The van der Waals surface area contributed by atoms with Crippen LogP contribution in [0.1, 0.15) is 116 Å². The summed E-state index contributed by atoms with van der Waals surface area (Å²) in [5.74, 6) is -0.275. The molecule has 5 aromatic heterocycles. The first-order chi connectivity index (χ1) is 40.4. The molecule has 0 bridgehead atoms. The number of fused-ring (bicyclic) bond motifs is 18. The number of aryl methyl sites for hydroxylation is 2. The van der Waals surface area contributed by atoms with Crippen molar-refractivity contribution in [3.05, 3.63) is 215 Å². The van der Waals surface area contributed by atoms with Crippen LogP contribution in [-0.4, -0.2) is 30.2 Å². The molecule has 0 N–H and O–H groups in total. The number of aromatic nitrogens is 5. The Morgan fingerprint density at radius 1 is 0.488 bits per heavy atom. The van der Waals surface area contributed by atoms with Crippen LogP contribution in [0, 0.1) is 31.8 Å². The summed E-state index contributed by atoms with van der Waals surface area (Å²) in [6.07, 6.45) is 1.82. The van der Waals surface area contributed by atoms with Crippen molar-refractivity contribution in [2.24, 2.45) is 0 Å². The van der Waals surface area contributed by atoms with Gasteiger partial charge in [0.1, 0.15) is 0 Å². The predicted molar refractivity (Wildman–Crippen MR) is 358 cm³/mol. The average Bonchev–Trinajstić information content (AvgIpc) is 1.44. The maximum atomic E-state index is 12.7. The second-order valence-corrected chi connectivity index (χ2v) is 28.4. The fraction of sp³-hybridized carbons (Fsp3) is 0.231.